The van der Waals surface area contributed by atoms with E-state index >= 15 is 0 Å². The van der Waals surface area contributed by atoms with Crippen LogP contribution in [0.3, 0.4) is 0 Å². The average molecular weight is 355 g/mol. The van der Waals surface area contributed by atoms with Gasteiger partial charge in [0, 0.05) is 25.4 Å². The van der Waals surface area contributed by atoms with Gasteiger partial charge in [-0.2, -0.15) is 4.98 Å². The molecule has 0 aliphatic heterocycles. The van der Waals surface area contributed by atoms with Crippen molar-refractivity contribution in [2.75, 3.05) is 5.32 Å². The number of carbonyl (C=O) groups excluding carboxylic acids is 1. The summed E-state index contributed by atoms with van der Waals surface area (Å²) in [6.45, 7) is 3.60. The molecule has 3 aromatic rings. The number of carbonyl (C=O) groups is 1. The fourth-order valence-electron chi connectivity index (χ4n) is 2.65. The molecule has 0 spiro atoms. The summed E-state index contributed by atoms with van der Waals surface area (Å²) in [5.74, 6) is -0.129. The predicted molar refractivity (Wildman–Crippen MR) is 95.1 cm³/mol. The van der Waals surface area contributed by atoms with E-state index in [9.17, 15) is 14.0 Å². The number of hydrogen-bond acceptors (Lipinski definition) is 4. The first-order chi connectivity index (χ1) is 12.4. The Balaban J connectivity index is 1.98. The highest BCUT2D eigenvalue weighted by Gasteiger charge is 2.18. The predicted octanol–water partition coefficient (Wildman–Crippen LogP) is 2.23. The number of benzene rings is 1. The van der Waals surface area contributed by atoms with E-state index < -0.39 is 17.3 Å². The maximum absolute atomic E-state index is 13.1. The van der Waals surface area contributed by atoms with Crippen molar-refractivity contribution in [3.05, 3.63) is 69.7 Å². The van der Waals surface area contributed by atoms with Crippen LogP contribution < -0.4 is 10.9 Å². The molecule has 0 atom stereocenters. The lowest BCUT2D eigenvalue weighted by molar-refractivity contribution is 0.102. The Morgan fingerprint density at radius 1 is 1.23 bits per heavy atom. The van der Waals surface area contributed by atoms with E-state index in [0.29, 0.717) is 23.5 Å². The SMILES string of the molecule is CCc1nc(NC(=O)c2c(C)ccn(-c3ccc(F)cc3)c2=O)nn1C. The van der Waals surface area contributed by atoms with Crippen LogP contribution in [-0.2, 0) is 13.5 Å². The van der Waals surface area contributed by atoms with Crippen molar-refractivity contribution in [2.24, 2.45) is 7.05 Å². The molecule has 7 nitrogen and oxygen atoms in total. The molecule has 2 aromatic heterocycles. The zero-order chi connectivity index (χ0) is 18.8. The summed E-state index contributed by atoms with van der Waals surface area (Å²) in [7, 11) is 1.73. The topological polar surface area (TPSA) is 81.8 Å². The Kier molecular flexibility index (Phi) is 4.66. The van der Waals surface area contributed by atoms with Gasteiger partial charge < -0.3 is 0 Å². The van der Waals surface area contributed by atoms with Gasteiger partial charge in [-0.1, -0.05) is 6.92 Å². The summed E-state index contributed by atoms with van der Waals surface area (Å²) in [5, 5.41) is 6.69. The van der Waals surface area contributed by atoms with Crippen LogP contribution in [0.5, 0.6) is 0 Å². The van der Waals surface area contributed by atoms with Crippen molar-refractivity contribution >= 4 is 11.9 Å². The molecular weight excluding hydrogens is 337 g/mol. The first-order valence-electron chi connectivity index (χ1n) is 8.10. The molecule has 134 valence electrons. The van der Waals surface area contributed by atoms with Gasteiger partial charge in [-0.15, -0.1) is 5.10 Å². The van der Waals surface area contributed by atoms with Crippen LogP contribution in [-0.4, -0.2) is 25.2 Å². The third kappa shape index (κ3) is 3.26. The number of aromatic nitrogens is 4. The standard InChI is InChI=1S/C18H18FN5O2/c1-4-14-20-18(22-23(14)3)21-16(25)15-11(2)9-10-24(17(15)26)13-7-5-12(19)6-8-13/h5-10H,4H2,1-3H3,(H,21,22,25). The van der Waals surface area contributed by atoms with Gasteiger partial charge in [-0.3, -0.25) is 24.2 Å². The largest absolute Gasteiger partial charge is 0.289 e. The Bertz CT molecular complexity index is 1020. The lowest BCUT2D eigenvalue weighted by Gasteiger charge is -2.10. The highest BCUT2D eigenvalue weighted by Crippen LogP contribution is 2.11. The second-order valence-corrected chi connectivity index (χ2v) is 5.81. The van der Waals surface area contributed by atoms with E-state index in [0.717, 1.165) is 0 Å². The summed E-state index contributed by atoms with van der Waals surface area (Å²) in [5.41, 5.74) is 0.482. The zero-order valence-corrected chi connectivity index (χ0v) is 14.7. The molecule has 0 fully saturated rings. The Morgan fingerprint density at radius 2 is 1.92 bits per heavy atom. The van der Waals surface area contributed by atoms with E-state index in [-0.39, 0.29) is 11.5 Å². The van der Waals surface area contributed by atoms with Crippen LogP contribution in [0.1, 0.15) is 28.7 Å². The number of aryl methyl sites for hydroxylation is 3. The minimum absolute atomic E-state index is 0.0117. The van der Waals surface area contributed by atoms with Gasteiger partial charge >= 0.3 is 0 Å². The number of anilines is 1. The Hall–Kier alpha value is -3.29. The lowest BCUT2D eigenvalue weighted by atomic mass is 10.1. The van der Waals surface area contributed by atoms with Crippen molar-refractivity contribution < 1.29 is 9.18 Å². The maximum atomic E-state index is 13.1. The minimum atomic E-state index is -0.586. The molecular formula is C18H18FN5O2. The minimum Gasteiger partial charge on any atom is -0.289 e. The molecule has 0 unspecified atom stereocenters. The molecule has 1 aromatic carbocycles. The third-order valence-electron chi connectivity index (χ3n) is 4.03. The van der Waals surface area contributed by atoms with Crippen LogP contribution in [0, 0.1) is 12.7 Å². The van der Waals surface area contributed by atoms with Crippen molar-refractivity contribution in [3.8, 4) is 5.69 Å². The number of hydrogen-bond donors (Lipinski definition) is 1. The number of pyridine rings is 1. The fraction of sp³-hybridized carbons (Fsp3) is 0.222. The van der Waals surface area contributed by atoms with Crippen molar-refractivity contribution in [1.29, 1.82) is 0 Å². The maximum Gasteiger partial charge on any atom is 0.268 e. The lowest BCUT2D eigenvalue weighted by Crippen LogP contribution is -2.29. The molecule has 0 saturated heterocycles. The molecule has 3 rings (SSSR count). The van der Waals surface area contributed by atoms with Gasteiger partial charge in [0.2, 0.25) is 5.95 Å². The van der Waals surface area contributed by atoms with E-state index in [1.54, 1.807) is 30.9 Å². The van der Waals surface area contributed by atoms with E-state index in [1.165, 1.54) is 28.8 Å². The monoisotopic (exact) mass is 355 g/mol. The molecule has 1 amide bonds. The summed E-state index contributed by atoms with van der Waals surface area (Å²) in [4.78, 5) is 29.6. The smallest absolute Gasteiger partial charge is 0.268 e. The van der Waals surface area contributed by atoms with Crippen molar-refractivity contribution in [3.63, 3.8) is 0 Å². The van der Waals surface area contributed by atoms with Crippen molar-refractivity contribution in [2.45, 2.75) is 20.3 Å². The molecule has 1 N–H and O–H groups in total. The average Bonchev–Trinajstić information content (AvgIpc) is 2.95. The molecule has 8 heteroatoms. The molecule has 26 heavy (non-hydrogen) atoms. The normalized spacial score (nSPS) is 10.8. The highest BCUT2D eigenvalue weighted by molar-refractivity contribution is 6.04. The van der Waals surface area contributed by atoms with Crippen LogP contribution in [0.2, 0.25) is 0 Å². The molecule has 2 heterocycles. The van der Waals surface area contributed by atoms with E-state index in [4.69, 9.17) is 0 Å². The Morgan fingerprint density at radius 3 is 2.54 bits per heavy atom. The van der Waals surface area contributed by atoms with Crippen LogP contribution in [0.15, 0.2) is 41.3 Å². The van der Waals surface area contributed by atoms with E-state index in [2.05, 4.69) is 15.4 Å². The van der Waals surface area contributed by atoms with Crippen LogP contribution in [0.25, 0.3) is 5.69 Å². The van der Waals surface area contributed by atoms with Crippen LogP contribution in [0.4, 0.5) is 10.3 Å². The van der Waals surface area contributed by atoms with Crippen molar-refractivity contribution in [1.82, 2.24) is 19.3 Å². The van der Waals surface area contributed by atoms with Gasteiger partial charge in [-0.05, 0) is 42.8 Å². The summed E-state index contributed by atoms with van der Waals surface area (Å²) >= 11 is 0. The number of nitrogens with zero attached hydrogens (tertiary/aromatic N) is 4. The summed E-state index contributed by atoms with van der Waals surface area (Å²) in [6, 6.07) is 7.11. The number of nitrogens with one attached hydrogen (secondary N) is 1. The number of halogens is 1. The zero-order valence-electron chi connectivity index (χ0n) is 14.7. The Labute approximate surface area is 149 Å². The summed E-state index contributed by atoms with van der Waals surface area (Å²) in [6.07, 6.45) is 2.22. The molecule has 0 radical (unpaired) electrons. The molecule has 0 aliphatic carbocycles. The molecule has 0 aliphatic rings. The van der Waals surface area contributed by atoms with Gasteiger partial charge in [0.25, 0.3) is 11.5 Å². The first-order valence-corrected chi connectivity index (χ1v) is 8.10. The second-order valence-electron chi connectivity index (χ2n) is 5.81. The highest BCUT2D eigenvalue weighted by atomic mass is 19.1. The number of amides is 1. The van der Waals surface area contributed by atoms with Gasteiger partial charge in [0.15, 0.2) is 0 Å². The molecule has 0 saturated carbocycles. The van der Waals surface area contributed by atoms with Gasteiger partial charge in [0.05, 0.1) is 0 Å². The third-order valence-corrected chi connectivity index (χ3v) is 4.03. The van der Waals surface area contributed by atoms with E-state index in [1.807, 2.05) is 6.92 Å². The first kappa shape index (κ1) is 17.5. The summed E-state index contributed by atoms with van der Waals surface area (Å²) < 4.78 is 16.0. The van der Waals surface area contributed by atoms with Gasteiger partial charge in [-0.25, -0.2) is 4.39 Å². The van der Waals surface area contributed by atoms with Crippen LogP contribution >= 0.6 is 0 Å². The number of rotatable bonds is 4. The quantitative estimate of drug-likeness (QED) is 0.778. The molecule has 0 bridgehead atoms. The van der Waals surface area contributed by atoms with Gasteiger partial charge in [0.1, 0.15) is 17.2 Å². The fourth-order valence-corrected chi connectivity index (χ4v) is 2.65. The second kappa shape index (κ2) is 6.91.